The van der Waals surface area contributed by atoms with Crippen molar-refractivity contribution in [3.05, 3.63) is 143 Å². The van der Waals surface area contributed by atoms with Crippen LogP contribution in [0, 0.1) is 5.92 Å². The first-order valence-electron chi connectivity index (χ1n) is 18.4. The minimum atomic E-state index is -4.08. The lowest BCUT2D eigenvalue weighted by atomic mass is 9.81. The van der Waals surface area contributed by atoms with Crippen molar-refractivity contribution in [2.24, 2.45) is 5.92 Å². The maximum atomic E-state index is 16.2. The Hall–Kier alpha value is -3.51. The second kappa shape index (κ2) is 18.6. The van der Waals surface area contributed by atoms with E-state index in [-0.39, 0.29) is 24.2 Å². The monoisotopic (exact) mass is 822 g/mol. The van der Waals surface area contributed by atoms with E-state index in [1.165, 1.54) is 36.4 Å². The molecule has 10 nitrogen and oxygen atoms in total. The van der Waals surface area contributed by atoms with E-state index in [9.17, 15) is 34.3 Å². The van der Waals surface area contributed by atoms with Crippen LogP contribution in [0.5, 0.6) is 0 Å². The van der Waals surface area contributed by atoms with Crippen LogP contribution in [0.2, 0.25) is 5.02 Å². The smallest absolute Gasteiger partial charge is 0.330 e. The van der Waals surface area contributed by atoms with E-state index in [0.717, 1.165) is 23.3 Å². The average molecular weight is 823 g/mol. The summed E-state index contributed by atoms with van der Waals surface area (Å²) in [6.45, 7) is 2.94. The number of hydrogen-bond donors (Lipinski definition) is 6. The Morgan fingerprint density at radius 3 is 1.68 bits per heavy atom. The molecule has 0 saturated carbocycles. The molecule has 0 aromatic heterocycles. The second-order valence-corrected chi connectivity index (χ2v) is 14.5. The highest BCUT2D eigenvalue weighted by atomic mass is 35.5. The van der Waals surface area contributed by atoms with Gasteiger partial charge < -0.3 is 49.6 Å². The molecule has 0 aliphatic carbocycles. The van der Waals surface area contributed by atoms with Crippen molar-refractivity contribution in [1.82, 2.24) is 0 Å². The van der Waals surface area contributed by atoms with Crippen molar-refractivity contribution in [3.63, 3.8) is 0 Å². The lowest BCUT2D eigenvalue weighted by molar-refractivity contribution is -0.419. The van der Waals surface area contributed by atoms with Crippen LogP contribution < -0.4 is 0 Å². The highest BCUT2D eigenvalue weighted by Crippen LogP contribution is 2.51. The summed E-state index contributed by atoms with van der Waals surface area (Å²) in [5, 5.41) is 59.6. The van der Waals surface area contributed by atoms with Gasteiger partial charge in [-0.1, -0.05) is 135 Å². The number of rotatable bonds is 12. The number of halogens is 5. The van der Waals surface area contributed by atoms with Crippen LogP contribution in [0.1, 0.15) is 42.5 Å². The summed E-state index contributed by atoms with van der Waals surface area (Å²) < 4.78 is 84.2. The molecular weight excluding hydrogens is 776 g/mol. The van der Waals surface area contributed by atoms with Gasteiger partial charge in [-0.05, 0) is 23.6 Å². The van der Waals surface area contributed by atoms with E-state index in [2.05, 4.69) is 4.74 Å². The fraction of sp³-hybridized carbons (Fsp3) is 0.429. The van der Waals surface area contributed by atoms with Crippen LogP contribution in [0.15, 0.2) is 115 Å². The van der Waals surface area contributed by atoms with Crippen LogP contribution in [0.3, 0.4) is 0 Å². The van der Waals surface area contributed by atoms with E-state index >= 15 is 8.78 Å². The van der Waals surface area contributed by atoms with Gasteiger partial charge in [0.15, 0.2) is 0 Å². The third-order valence-corrected chi connectivity index (χ3v) is 10.6. The van der Waals surface area contributed by atoms with Gasteiger partial charge in [-0.2, -0.15) is 17.6 Å². The zero-order chi connectivity index (χ0) is 41.6. The first-order chi connectivity index (χ1) is 27.0. The highest BCUT2D eigenvalue weighted by Gasteiger charge is 2.68. The zero-order valence-corrected chi connectivity index (χ0v) is 31.9. The molecule has 0 spiro atoms. The Kier molecular flexibility index (Phi) is 14.6. The maximum absolute atomic E-state index is 16.2. The normalized spacial score (nSPS) is 30.6. The lowest BCUT2D eigenvalue weighted by Crippen LogP contribution is -2.70. The summed E-state index contributed by atoms with van der Waals surface area (Å²) in [6.07, 6.45) is -10.7. The minimum Gasteiger partial charge on any atom is -0.394 e. The number of ether oxygens (including phenoxy) is 4. The van der Waals surface area contributed by atoms with E-state index in [0.29, 0.717) is 6.42 Å². The van der Waals surface area contributed by atoms with E-state index in [4.69, 9.17) is 30.9 Å². The van der Waals surface area contributed by atoms with E-state index in [1.807, 2.05) is 74.5 Å². The van der Waals surface area contributed by atoms with Crippen molar-refractivity contribution >= 4 is 11.6 Å². The molecule has 4 aromatic carbocycles. The summed E-state index contributed by atoms with van der Waals surface area (Å²) in [4.78, 5) is 0. The van der Waals surface area contributed by atoms with Crippen LogP contribution >= 0.6 is 11.6 Å². The fourth-order valence-electron chi connectivity index (χ4n) is 6.97. The quantitative estimate of drug-likeness (QED) is 0.0984. The van der Waals surface area contributed by atoms with Gasteiger partial charge in [0.2, 0.25) is 0 Å². The molecule has 4 aromatic rings. The van der Waals surface area contributed by atoms with Gasteiger partial charge in [0, 0.05) is 22.1 Å². The lowest BCUT2D eigenvalue weighted by Gasteiger charge is -2.52. The molecular formula is C42H47ClF4O10. The van der Waals surface area contributed by atoms with E-state index < -0.39 is 83.9 Å². The van der Waals surface area contributed by atoms with Crippen molar-refractivity contribution in [2.45, 2.75) is 99.6 Å². The summed E-state index contributed by atoms with van der Waals surface area (Å²) in [5.41, 5.74) is 0.473. The number of aliphatic hydroxyl groups is 6. The standard InChI is InChI=1S/C29H31ClF2O4.C13H16F2O6/c1-3-25-20(2)26(34-18-21-12-6-4-7-13-21)27(35-19-22-14-8-5-9-15-22)29(33,36-25)28(31,32)23-16-10-11-17-24(23)30;14-12(15,7-4-2-1-3-5-7)13(20)11(19)10(18)9(17)8(6-16)21-13/h4-17,20,25-27,33H,3,18-19H2,1-2H3;1-5,8-11,16-20H,6H2/t20-,25-,26+,27-,29-;8-,9-,10+,11-,13-/m11/s1. The van der Waals surface area contributed by atoms with Crippen molar-refractivity contribution in [2.75, 3.05) is 6.61 Å². The Labute approximate surface area is 332 Å². The molecule has 2 heterocycles. The molecule has 6 rings (SSSR count). The van der Waals surface area contributed by atoms with Crippen molar-refractivity contribution in [1.29, 1.82) is 0 Å². The molecule has 0 unspecified atom stereocenters. The van der Waals surface area contributed by atoms with Crippen LogP contribution in [-0.2, 0) is 44.0 Å². The van der Waals surface area contributed by atoms with Crippen molar-refractivity contribution in [3.8, 4) is 0 Å². The molecule has 0 amide bonds. The SMILES string of the molecule is CC[C@H]1O[C@@](O)(C(F)(F)c2ccccc2Cl)[C@H](OCc2ccccc2)[C@@H](OCc2ccccc2)[C@@H]1C.OC[C@H]1O[C@@](O)(C(F)(F)c2ccccc2)[C@H](O)[C@@H](O)[C@@H]1O. The van der Waals surface area contributed by atoms with Crippen LogP contribution in [-0.4, -0.2) is 91.5 Å². The summed E-state index contributed by atoms with van der Waals surface area (Å²) in [7, 11) is 0. The number of benzene rings is 4. The molecule has 310 valence electrons. The zero-order valence-electron chi connectivity index (χ0n) is 31.1. The molecule has 0 radical (unpaired) electrons. The van der Waals surface area contributed by atoms with Crippen LogP contribution in [0.25, 0.3) is 0 Å². The number of hydrogen-bond acceptors (Lipinski definition) is 10. The molecule has 10 atom stereocenters. The van der Waals surface area contributed by atoms with Gasteiger partial charge >= 0.3 is 11.8 Å². The second-order valence-electron chi connectivity index (χ2n) is 14.1. The third kappa shape index (κ3) is 9.07. The molecule has 0 bridgehead atoms. The molecule has 2 aliphatic rings. The molecule has 2 aliphatic heterocycles. The van der Waals surface area contributed by atoms with Gasteiger partial charge in [0.1, 0.15) is 30.5 Å². The summed E-state index contributed by atoms with van der Waals surface area (Å²) in [6, 6.07) is 30.3. The average Bonchev–Trinajstić information content (AvgIpc) is 3.22. The Bertz CT molecular complexity index is 1850. The predicted molar refractivity (Wildman–Crippen MR) is 200 cm³/mol. The number of aliphatic hydroxyl groups excluding tert-OH is 4. The van der Waals surface area contributed by atoms with Crippen molar-refractivity contribution < 1.29 is 67.1 Å². The van der Waals surface area contributed by atoms with Crippen LogP contribution in [0.4, 0.5) is 17.6 Å². The minimum absolute atomic E-state index is 0.00944. The highest BCUT2D eigenvalue weighted by molar-refractivity contribution is 6.31. The van der Waals surface area contributed by atoms with Gasteiger partial charge in [-0.15, -0.1) is 0 Å². The van der Waals surface area contributed by atoms with Gasteiger partial charge in [-0.25, -0.2) is 0 Å². The topological polar surface area (TPSA) is 158 Å². The molecule has 15 heteroatoms. The van der Waals surface area contributed by atoms with E-state index in [1.54, 1.807) is 6.07 Å². The Morgan fingerprint density at radius 1 is 0.667 bits per heavy atom. The first kappa shape index (κ1) is 44.6. The largest absolute Gasteiger partial charge is 0.394 e. The Balaban J connectivity index is 0.000000251. The first-order valence-corrected chi connectivity index (χ1v) is 18.7. The summed E-state index contributed by atoms with van der Waals surface area (Å²) >= 11 is 6.17. The summed E-state index contributed by atoms with van der Waals surface area (Å²) in [5.74, 6) is -14.8. The Morgan fingerprint density at radius 2 is 1.16 bits per heavy atom. The molecule has 57 heavy (non-hydrogen) atoms. The third-order valence-electron chi connectivity index (χ3n) is 10.3. The molecule has 2 fully saturated rings. The maximum Gasteiger partial charge on any atom is 0.330 e. The fourth-order valence-corrected chi connectivity index (χ4v) is 7.23. The van der Waals surface area contributed by atoms with Gasteiger partial charge in [-0.3, -0.25) is 0 Å². The van der Waals surface area contributed by atoms with Gasteiger partial charge in [0.05, 0.1) is 32.0 Å². The predicted octanol–water partition coefficient (Wildman–Crippen LogP) is 5.68. The number of alkyl halides is 4. The molecule has 6 N–H and O–H groups in total. The molecule has 2 saturated heterocycles. The van der Waals surface area contributed by atoms with Gasteiger partial charge in [0.25, 0.3) is 11.6 Å².